The molecule has 2 heterocycles. The van der Waals surface area contributed by atoms with Gasteiger partial charge in [-0.2, -0.15) is 0 Å². The average molecular weight is 243 g/mol. The van der Waals surface area contributed by atoms with E-state index in [1.54, 1.807) is 0 Å². The van der Waals surface area contributed by atoms with Crippen molar-refractivity contribution in [3.05, 3.63) is 35.0 Å². The smallest absolute Gasteiger partial charge is 0.0484 e. The lowest BCUT2D eigenvalue weighted by molar-refractivity contribution is 0.640. The molecule has 0 radical (unpaired) electrons. The Labute approximate surface area is 108 Å². The SMILES string of the molecule is CCCC(N)c1cn(C)c2cc3c(cc12)CNC3. The summed E-state index contributed by atoms with van der Waals surface area (Å²) in [6.45, 7) is 4.17. The van der Waals surface area contributed by atoms with Crippen LogP contribution in [0.2, 0.25) is 0 Å². The van der Waals surface area contributed by atoms with Crippen molar-refractivity contribution >= 4 is 10.9 Å². The maximum Gasteiger partial charge on any atom is 0.0484 e. The second kappa shape index (κ2) is 4.41. The maximum absolute atomic E-state index is 6.30. The van der Waals surface area contributed by atoms with E-state index in [9.17, 15) is 0 Å². The van der Waals surface area contributed by atoms with E-state index >= 15 is 0 Å². The third-order valence-electron chi connectivity index (χ3n) is 3.97. The minimum absolute atomic E-state index is 0.158. The Bertz CT molecular complexity index is 583. The summed E-state index contributed by atoms with van der Waals surface area (Å²) in [5.74, 6) is 0. The summed E-state index contributed by atoms with van der Waals surface area (Å²) in [5.41, 5.74) is 11.8. The predicted molar refractivity (Wildman–Crippen MR) is 75.3 cm³/mol. The van der Waals surface area contributed by atoms with E-state index in [-0.39, 0.29) is 6.04 Å². The van der Waals surface area contributed by atoms with Crippen molar-refractivity contribution in [2.45, 2.75) is 38.9 Å². The molecule has 96 valence electrons. The lowest BCUT2D eigenvalue weighted by atomic mass is 10.00. The molecule has 3 rings (SSSR count). The van der Waals surface area contributed by atoms with E-state index < -0.39 is 0 Å². The molecule has 3 heteroatoms. The van der Waals surface area contributed by atoms with Gasteiger partial charge in [0.05, 0.1) is 0 Å². The van der Waals surface area contributed by atoms with E-state index in [1.807, 2.05) is 0 Å². The van der Waals surface area contributed by atoms with E-state index in [0.29, 0.717) is 0 Å². The zero-order valence-electron chi connectivity index (χ0n) is 11.2. The van der Waals surface area contributed by atoms with Crippen LogP contribution in [0.15, 0.2) is 18.3 Å². The first-order valence-electron chi connectivity index (χ1n) is 6.77. The highest BCUT2D eigenvalue weighted by Gasteiger charge is 2.17. The highest BCUT2D eigenvalue weighted by Crippen LogP contribution is 2.31. The van der Waals surface area contributed by atoms with Gasteiger partial charge in [-0.25, -0.2) is 0 Å². The van der Waals surface area contributed by atoms with Gasteiger partial charge in [-0.15, -0.1) is 0 Å². The molecule has 0 amide bonds. The molecule has 1 unspecified atom stereocenters. The Hall–Kier alpha value is -1.32. The number of fused-ring (bicyclic) bond motifs is 2. The van der Waals surface area contributed by atoms with Crippen LogP contribution in [0.4, 0.5) is 0 Å². The van der Waals surface area contributed by atoms with Gasteiger partial charge in [0.2, 0.25) is 0 Å². The fourth-order valence-electron chi connectivity index (χ4n) is 2.97. The zero-order valence-corrected chi connectivity index (χ0v) is 11.2. The Balaban J connectivity index is 2.16. The van der Waals surface area contributed by atoms with Crippen LogP contribution in [0.5, 0.6) is 0 Å². The van der Waals surface area contributed by atoms with Crippen LogP contribution in [-0.4, -0.2) is 4.57 Å². The highest BCUT2D eigenvalue weighted by atomic mass is 14.9. The van der Waals surface area contributed by atoms with Gasteiger partial charge >= 0.3 is 0 Å². The third-order valence-corrected chi connectivity index (χ3v) is 3.97. The van der Waals surface area contributed by atoms with Gasteiger partial charge in [0.25, 0.3) is 0 Å². The molecule has 3 nitrogen and oxygen atoms in total. The molecule has 2 aromatic rings. The quantitative estimate of drug-likeness (QED) is 0.870. The van der Waals surface area contributed by atoms with Gasteiger partial charge < -0.3 is 15.6 Å². The highest BCUT2D eigenvalue weighted by molar-refractivity contribution is 5.86. The minimum atomic E-state index is 0.158. The number of aryl methyl sites for hydroxylation is 1. The summed E-state index contributed by atoms with van der Waals surface area (Å²) in [6, 6.07) is 4.80. The van der Waals surface area contributed by atoms with Crippen molar-refractivity contribution in [2.24, 2.45) is 12.8 Å². The molecule has 0 aliphatic carbocycles. The van der Waals surface area contributed by atoms with Gasteiger partial charge in [-0.1, -0.05) is 13.3 Å². The molecule has 1 aliphatic rings. The van der Waals surface area contributed by atoms with Gasteiger partial charge in [0.1, 0.15) is 0 Å². The molecule has 1 aliphatic heterocycles. The van der Waals surface area contributed by atoms with Crippen LogP contribution in [0, 0.1) is 0 Å². The number of aromatic nitrogens is 1. The summed E-state index contributed by atoms with van der Waals surface area (Å²) >= 11 is 0. The van der Waals surface area contributed by atoms with Crippen LogP contribution in [0.1, 0.15) is 42.5 Å². The molecule has 0 saturated carbocycles. The van der Waals surface area contributed by atoms with Crippen molar-refractivity contribution in [3.63, 3.8) is 0 Å². The third kappa shape index (κ3) is 1.74. The fourth-order valence-corrected chi connectivity index (χ4v) is 2.97. The van der Waals surface area contributed by atoms with Gasteiger partial charge in [0.15, 0.2) is 0 Å². The fraction of sp³-hybridized carbons (Fsp3) is 0.467. The van der Waals surface area contributed by atoms with Crippen LogP contribution in [0.25, 0.3) is 10.9 Å². The number of hydrogen-bond acceptors (Lipinski definition) is 2. The number of rotatable bonds is 3. The predicted octanol–water partition coefficient (Wildman–Crippen LogP) is 2.58. The molecule has 18 heavy (non-hydrogen) atoms. The minimum Gasteiger partial charge on any atom is -0.350 e. The van der Waals surface area contributed by atoms with Gasteiger partial charge in [-0.3, -0.25) is 0 Å². The maximum atomic E-state index is 6.30. The van der Waals surface area contributed by atoms with E-state index in [2.05, 4.69) is 42.2 Å². The Morgan fingerprint density at radius 2 is 2.06 bits per heavy atom. The lowest BCUT2D eigenvalue weighted by Crippen LogP contribution is -2.09. The standard InChI is InChI=1S/C15H21N3/c1-3-4-14(16)13-9-18(2)15-6-11-8-17-7-10(11)5-12(13)15/h5-6,9,14,17H,3-4,7-8,16H2,1-2H3. The number of nitrogens with one attached hydrogen (secondary N) is 1. The molecule has 0 saturated heterocycles. The van der Waals surface area contributed by atoms with Gasteiger partial charge in [0, 0.05) is 43.3 Å². The van der Waals surface area contributed by atoms with Gasteiger partial charge in [-0.05, 0) is 35.2 Å². The summed E-state index contributed by atoms with van der Waals surface area (Å²) in [5, 5.41) is 4.74. The van der Waals surface area contributed by atoms with Crippen LogP contribution >= 0.6 is 0 Å². The molecule has 1 atom stereocenters. The monoisotopic (exact) mass is 243 g/mol. The first-order chi connectivity index (χ1) is 8.70. The van der Waals surface area contributed by atoms with Crippen molar-refractivity contribution in [2.75, 3.05) is 0 Å². The second-order valence-electron chi connectivity index (χ2n) is 5.33. The molecule has 0 bridgehead atoms. The van der Waals surface area contributed by atoms with Crippen molar-refractivity contribution in [1.82, 2.24) is 9.88 Å². The van der Waals surface area contributed by atoms with Crippen LogP contribution < -0.4 is 11.1 Å². The first kappa shape index (κ1) is 11.8. The zero-order chi connectivity index (χ0) is 12.7. The summed E-state index contributed by atoms with van der Waals surface area (Å²) in [7, 11) is 2.11. The summed E-state index contributed by atoms with van der Waals surface area (Å²) < 4.78 is 2.21. The molecule has 1 aromatic carbocycles. The molecule has 3 N–H and O–H groups in total. The summed E-state index contributed by atoms with van der Waals surface area (Å²) in [6.07, 6.45) is 4.38. The van der Waals surface area contributed by atoms with Crippen LogP contribution in [0.3, 0.4) is 0 Å². The van der Waals surface area contributed by atoms with Crippen molar-refractivity contribution < 1.29 is 0 Å². The molecular formula is C15H21N3. The Kier molecular flexibility index (Phi) is 2.88. The summed E-state index contributed by atoms with van der Waals surface area (Å²) in [4.78, 5) is 0. The van der Waals surface area contributed by atoms with E-state index in [1.165, 1.54) is 27.6 Å². The number of nitrogens with two attached hydrogens (primary N) is 1. The normalized spacial score (nSPS) is 16.2. The number of hydrogen-bond donors (Lipinski definition) is 2. The van der Waals surface area contributed by atoms with E-state index in [4.69, 9.17) is 5.73 Å². The van der Waals surface area contributed by atoms with Crippen LogP contribution in [-0.2, 0) is 20.1 Å². The average Bonchev–Trinajstić information content (AvgIpc) is 2.92. The lowest BCUT2D eigenvalue weighted by Gasteiger charge is -2.09. The van der Waals surface area contributed by atoms with Crippen molar-refractivity contribution in [3.8, 4) is 0 Å². The number of nitrogens with zero attached hydrogens (tertiary/aromatic N) is 1. The van der Waals surface area contributed by atoms with Crippen molar-refractivity contribution in [1.29, 1.82) is 0 Å². The Morgan fingerprint density at radius 3 is 2.78 bits per heavy atom. The molecule has 1 aromatic heterocycles. The Morgan fingerprint density at radius 1 is 1.33 bits per heavy atom. The van der Waals surface area contributed by atoms with E-state index in [0.717, 1.165) is 25.9 Å². The number of benzene rings is 1. The largest absolute Gasteiger partial charge is 0.350 e. The first-order valence-corrected chi connectivity index (χ1v) is 6.77. The molecule has 0 spiro atoms. The molecule has 0 fully saturated rings. The second-order valence-corrected chi connectivity index (χ2v) is 5.33. The molecular weight excluding hydrogens is 222 g/mol. The topological polar surface area (TPSA) is 43.0 Å².